The summed E-state index contributed by atoms with van der Waals surface area (Å²) in [6.45, 7) is 6.71. The Labute approximate surface area is 133 Å². The van der Waals surface area contributed by atoms with E-state index < -0.39 is 0 Å². The molecule has 2 rings (SSSR count). The topological polar surface area (TPSA) is 30.7 Å². The maximum atomic E-state index is 4.39. The molecule has 0 unspecified atom stereocenters. The number of imidazole rings is 1. The molecule has 0 N–H and O–H groups in total. The second-order valence-electron chi connectivity index (χ2n) is 6.47. The van der Waals surface area contributed by atoms with E-state index in [1.807, 2.05) is 42.3 Å². The van der Waals surface area contributed by atoms with Gasteiger partial charge in [0.1, 0.15) is 5.82 Å². The zero-order chi connectivity index (χ0) is 16.0. The van der Waals surface area contributed by atoms with E-state index in [0.717, 1.165) is 24.4 Å². The number of rotatable bonds is 6. The Morgan fingerprint density at radius 1 is 1.18 bits per heavy atom. The molecule has 3 nitrogen and oxygen atoms in total. The van der Waals surface area contributed by atoms with Crippen LogP contribution in [-0.4, -0.2) is 14.5 Å². The molecule has 0 fully saturated rings. The number of aryl methyl sites for hydroxylation is 1. The second-order valence-corrected chi connectivity index (χ2v) is 6.47. The minimum absolute atomic E-state index is 0.220. The van der Waals surface area contributed by atoms with Crippen molar-refractivity contribution in [1.29, 1.82) is 0 Å². The number of hydrogen-bond acceptors (Lipinski definition) is 2. The van der Waals surface area contributed by atoms with Crippen LogP contribution in [0.4, 0.5) is 0 Å². The van der Waals surface area contributed by atoms with Crippen LogP contribution in [-0.2, 0) is 7.05 Å². The van der Waals surface area contributed by atoms with Crippen molar-refractivity contribution in [3.63, 3.8) is 0 Å². The molecular formula is C19H25N3. The lowest BCUT2D eigenvalue weighted by Crippen LogP contribution is -2.08. The average molecular weight is 295 g/mol. The molecule has 2 aromatic heterocycles. The maximum absolute atomic E-state index is 4.39. The Balaban J connectivity index is 1.93. The van der Waals surface area contributed by atoms with Gasteiger partial charge >= 0.3 is 0 Å². The van der Waals surface area contributed by atoms with Crippen LogP contribution in [0.1, 0.15) is 45.1 Å². The maximum Gasteiger partial charge on any atom is 0.131 e. The summed E-state index contributed by atoms with van der Waals surface area (Å²) in [4.78, 5) is 8.70. The first-order valence-corrected chi connectivity index (χ1v) is 7.70. The SMILES string of the molecule is C/C(=C\CC(C)(C)C/C=C/c1nccn1C)c1ccccn1. The van der Waals surface area contributed by atoms with Crippen molar-refractivity contribution in [2.45, 2.75) is 33.6 Å². The van der Waals surface area contributed by atoms with Crippen molar-refractivity contribution in [2.24, 2.45) is 12.5 Å². The van der Waals surface area contributed by atoms with Gasteiger partial charge in [-0.3, -0.25) is 4.98 Å². The molecular weight excluding hydrogens is 270 g/mol. The van der Waals surface area contributed by atoms with Crippen molar-refractivity contribution in [3.05, 3.63) is 60.5 Å². The summed E-state index contributed by atoms with van der Waals surface area (Å²) in [5.41, 5.74) is 2.51. The van der Waals surface area contributed by atoms with Crippen LogP contribution in [0, 0.1) is 5.41 Å². The van der Waals surface area contributed by atoms with Gasteiger partial charge in [0.2, 0.25) is 0 Å². The van der Waals surface area contributed by atoms with Crippen LogP contribution >= 0.6 is 0 Å². The van der Waals surface area contributed by atoms with E-state index in [4.69, 9.17) is 0 Å². The lowest BCUT2D eigenvalue weighted by atomic mass is 9.84. The smallest absolute Gasteiger partial charge is 0.131 e. The minimum Gasteiger partial charge on any atom is -0.335 e. The van der Waals surface area contributed by atoms with E-state index in [0.29, 0.717) is 0 Å². The standard InChI is InChI=1S/C19H25N3/c1-16(17-8-5-6-13-20-17)10-12-19(2,3)11-7-9-18-21-14-15-22(18)4/h5-10,13-15H,11-12H2,1-4H3/b9-7+,16-10+. The van der Waals surface area contributed by atoms with Crippen molar-refractivity contribution in [3.8, 4) is 0 Å². The summed E-state index contributed by atoms with van der Waals surface area (Å²) < 4.78 is 2.02. The van der Waals surface area contributed by atoms with Gasteiger partial charge in [-0.05, 0) is 49.0 Å². The summed E-state index contributed by atoms with van der Waals surface area (Å²) >= 11 is 0. The third-order valence-corrected chi connectivity index (χ3v) is 3.83. The summed E-state index contributed by atoms with van der Waals surface area (Å²) in [6, 6.07) is 6.03. The molecule has 0 spiro atoms. The molecule has 2 heterocycles. The second kappa shape index (κ2) is 7.21. The zero-order valence-electron chi connectivity index (χ0n) is 14.0. The van der Waals surface area contributed by atoms with E-state index >= 15 is 0 Å². The fourth-order valence-electron chi connectivity index (χ4n) is 2.23. The van der Waals surface area contributed by atoms with E-state index in [1.54, 1.807) is 0 Å². The third-order valence-electron chi connectivity index (χ3n) is 3.83. The Morgan fingerprint density at radius 3 is 2.64 bits per heavy atom. The highest BCUT2D eigenvalue weighted by atomic mass is 15.0. The molecule has 0 atom stereocenters. The number of allylic oxidation sites excluding steroid dienone is 3. The number of pyridine rings is 1. The molecule has 0 aliphatic rings. The predicted octanol–water partition coefficient (Wildman–Crippen LogP) is 4.74. The molecule has 0 aliphatic heterocycles. The Bertz CT molecular complexity index is 648. The normalized spacial score (nSPS) is 13.0. The highest BCUT2D eigenvalue weighted by Gasteiger charge is 2.14. The van der Waals surface area contributed by atoms with Gasteiger partial charge in [-0.25, -0.2) is 4.98 Å². The molecule has 2 aromatic rings. The van der Waals surface area contributed by atoms with Crippen LogP contribution in [0.25, 0.3) is 11.6 Å². The van der Waals surface area contributed by atoms with Gasteiger partial charge in [0.15, 0.2) is 0 Å². The monoisotopic (exact) mass is 295 g/mol. The van der Waals surface area contributed by atoms with Crippen molar-refractivity contribution in [2.75, 3.05) is 0 Å². The molecule has 0 aromatic carbocycles. The first-order valence-electron chi connectivity index (χ1n) is 7.70. The molecule has 0 bridgehead atoms. The van der Waals surface area contributed by atoms with Crippen molar-refractivity contribution in [1.82, 2.24) is 14.5 Å². The third kappa shape index (κ3) is 4.69. The van der Waals surface area contributed by atoms with Crippen LogP contribution in [0.3, 0.4) is 0 Å². The number of hydrogen-bond donors (Lipinski definition) is 0. The summed E-state index contributed by atoms with van der Waals surface area (Å²) in [5, 5.41) is 0. The van der Waals surface area contributed by atoms with E-state index in [2.05, 4.69) is 55.0 Å². The Morgan fingerprint density at radius 2 is 2.00 bits per heavy atom. The Kier molecular flexibility index (Phi) is 5.31. The molecule has 22 heavy (non-hydrogen) atoms. The fraction of sp³-hybridized carbons (Fsp3) is 0.368. The summed E-state index contributed by atoms with van der Waals surface area (Å²) in [7, 11) is 2.01. The highest BCUT2D eigenvalue weighted by Crippen LogP contribution is 2.28. The summed E-state index contributed by atoms with van der Waals surface area (Å²) in [6.07, 6.45) is 14.3. The fourth-order valence-corrected chi connectivity index (χ4v) is 2.23. The largest absolute Gasteiger partial charge is 0.335 e. The number of aromatic nitrogens is 3. The van der Waals surface area contributed by atoms with Gasteiger partial charge in [0.05, 0.1) is 5.69 Å². The van der Waals surface area contributed by atoms with E-state index in [1.165, 1.54) is 5.57 Å². The molecule has 3 heteroatoms. The first-order chi connectivity index (χ1) is 10.5. The van der Waals surface area contributed by atoms with Crippen LogP contribution in [0.15, 0.2) is 48.9 Å². The van der Waals surface area contributed by atoms with Crippen molar-refractivity contribution < 1.29 is 0 Å². The lowest BCUT2D eigenvalue weighted by molar-refractivity contribution is 0.378. The van der Waals surface area contributed by atoms with Crippen molar-refractivity contribution >= 4 is 11.6 Å². The molecule has 0 saturated heterocycles. The molecule has 0 radical (unpaired) electrons. The Hall–Kier alpha value is -2.16. The lowest BCUT2D eigenvalue weighted by Gasteiger charge is -2.21. The van der Waals surface area contributed by atoms with Gasteiger partial charge in [0, 0.05) is 25.6 Å². The first kappa shape index (κ1) is 16.2. The van der Waals surface area contributed by atoms with Crippen LogP contribution in [0.5, 0.6) is 0 Å². The number of nitrogens with zero attached hydrogens (tertiary/aromatic N) is 3. The van der Waals surface area contributed by atoms with E-state index in [9.17, 15) is 0 Å². The van der Waals surface area contributed by atoms with Crippen LogP contribution in [0.2, 0.25) is 0 Å². The van der Waals surface area contributed by atoms with Gasteiger partial charge in [-0.15, -0.1) is 0 Å². The minimum atomic E-state index is 0.220. The van der Waals surface area contributed by atoms with Gasteiger partial charge in [-0.2, -0.15) is 0 Å². The molecule has 0 saturated carbocycles. The molecule has 0 aliphatic carbocycles. The molecule has 0 amide bonds. The highest BCUT2D eigenvalue weighted by molar-refractivity contribution is 5.60. The predicted molar refractivity (Wildman–Crippen MR) is 93.1 cm³/mol. The summed E-state index contributed by atoms with van der Waals surface area (Å²) in [5.74, 6) is 0.996. The van der Waals surface area contributed by atoms with Gasteiger partial charge in [0.25, 0.3) is 0 Å². The quantitative estimate of drug-likeness (QED) is 0.770. The molecule has 116 valence electrons. The van der Waals surface area contributed by atoms with Gasteiger partial charge in [-0.1, -0.05) is 32.1 Å². The zero-order valence-corrected chi connectivity index (χ0v) is 14.0. The van der Waals surface area contributed by atoms with Gasteiger partial charge < -0.3 is 4.57 Å². The van der Waals surface area contributed by atoms with E-state index in [-0.39, 0.29) is 5.41 Å². The van der Waals surface area contributed by atoms with Crippen LogP contribution < -0.4 is 0 Å². The average Bonchev–Trinajstić information content (AvgIpc) is 2.91.